The SMILES string of the molecule is COc1ccc(C(C)C)cc1-c1ncsc1Br. The Morgan fingerprint density at radius 1 is 1.35 bits per heavy atom. The Morgan fingerprint density at radius 3 is 2.65 bits per heavy atom. The first-order valence-corrected chi connectivity index (χ1v) is 7.08. The summed E-state index contributed by atoms with van der Waals surface area (Å²) in [5, 5.41) is 0. The molecule has 0 unspecified atom stereocenters. The Balaban J connectivity index is 2.57. The molecule has 2 aromatic rings. The zero-order chi connectivity index (χ0) is 12.4. The molecule has 0 amide bonds. The summed E-state index contributed by atoms with van der Waals surface area (Å²) in [6.07, 6.45) is 0. The van der Waals surface area contributed by atoms with Gasteiger partial charge in [0.15, 0.2) is 0 Å². The molecule has 0 N–H and O–H groups in total. The van der Waals surface area contributed by atoms with Crippen LogP contribution in [0.3, 0.4) is 0 Å². The van der Waals surface area contributed by atoms with Crippen molar-refractivity contribution < 1.29 is 4.74 Å². The Labute approximate surface area is 114 Å². The Bertz CT molecular complexity index is 522. The van der Waals surface area contributed by atoms with Crippen molar-refractivity contribution in [1.82, 2.24) is 4.98 Å². The number of thiazole rings is 1. The van der Waals surface area contributed by atoms with Gasteiger partial charge in [-0.15, -0.1) is 11.3 Å². The minimum Gasteiger partial charge on any atom is -0.496 e. The zero-order valence-electron chi connectivity index (χ0n) is 10.0. The number of hydrogen-bond acceptors (Lipinski definition) is 3. The topological polar surface area (TPSA) is 22.1 Å². The van der Waals surface area contributed by atoms with E-state index < -0.39 is 0 Å². The Morgan fingerprint density at radius 2 is 2.12 bits per heavy atom. The minimum absolute atomic E-state index is 0.497. The number of methoxy groups -OCH3 is 1. The molecule has 0 bridgehead atoms. The predicted octanol–water partition coefficient (Wildman–Crippen LogP) is 4.70. The molecule has 0 aliphatic rings. The maximum Gasteiger partial charge on any atom is 0.128 e. The number of rotatable bonds is 3. The van der Waals surface area contributed by atoms with E-state index in [0.29, 0.717) is 5.92 Å². The second-order valence-corrected chi connectivity index (χ2v) is 6.26. The minimum atomic E-state index is 0.497. The van der Waals surface area contributed by atoms with E-state index in [1.165, 1.54) is 5.56 Å². The highest BCUT2D eigenvalue weighted by molar-refractivity contribution is 9.11. The van der Waals surface area contributed by atoms with Gasteiger partial charge in [0.2, 0.25) is 0 Å². The van der Waals surface area contributed by atoms with Gasteiger partial charge in [0.25, 0.3) is 0 Å². The highest BCUT2D eigenvalue weighted by atomic mass is 79.9. The van der Waals surface area contributed by atoms with Crippen molar-refractivity contribution in [2.75, 3.05) is 7.11 Å². The second-order valence-electron chi connectivity index (χ2n) is 4.09. The highest BCUT2D eigenvalue weighted by Gasteiger charge is 2.13. The van der Waals surface area contributed by atoms with Crippen LogP contribution in [-0.2, 0) is 0 Å². The van der Waals surface area contributed by atoms with Gasteiger partial charge in [-0.2, -0.15) is 0 Å². The fraction of sp³-hybridized carbons (Fsp3) is 0.308. The first-order valence-electron chi connectivity index (χ1n) is 5.40. The van der Waals surface area contributed by atoms with Gasteiger partial charge < -0.3 is 4.74 Å². The van der Waals surface area contributed by atoms with Gasteiger partial charge in [0, 0.05) is 5.56 Å². The van der Waals surface area contributed by atoms with Crippen LogP contribution < -0.4 is 4.74 Å². The highest BCUT2D eigenvalue weighted by Crippen LogP contribution is 2.37. The summed E-state index contributed by atoms with van der Waals surface area (Å²) in [5.41, 5.74) is 5.13. The summed E-state index contributed by atoms with van der Waals surface area (Å²) in [6, 6.07) is 6.27. The van der Waals surface area contributed by atoms with E-state index in [-0.39, 0.29) is 0 Å². The summed E-state index contributed by atoms with van der Waals surface area (Å²) < 4.78 is 6.44. The van der Waals surface area contributed by atoms with E-state index >= 15 is 0 Å². The van der Waals surface area contributed by atoms with Crippen molar-refractivity contribution in [3.8, 4) is 17.0 Å². The molecular formula is C13H14BrNOS. The van der Waals surface area contributed by atoms with Gasteiger partial charge in [-0.3, -0.25) is 0 Å². The monoisotopic (exact) mass is 311 g/mol. The first kappa shape index (κ1) is 12.6. The molecule has 0 spiro atoms. The maximum absolute atomic E-state index is 5.40. The maximum atomic E-state index is 5.40. The normalized spacial score (nSPS) is 10.9. The molecule has 0 radical (unpaired) electrons. The average Bonchev–Trinajstić information content (AvgIpc) is 2.74. The molecule has 1 aromatic heterocycles. The van der Waals surface area contributed by atoms with E-state index in [1.807, 2.05) is 11.6 Å². The van der Waals surface area contributed by atoms with E-state index in [1.54, 1.807) is 18.4 Å². The third kappa shape index (κ3) is 2.53. The van der Waals surface area contributed by atoms with Crippen molar-refractivity contribution in [1.29, 1.82) is 0 Å². The fourth-order valence-corrected chi connectivity index (χ4v) is 2.77. The molecule has 17 heavy (non-hydrogen) atoms. The summed E-state index contributed by atoms with van der Waals surface area (Å²) >= 11 is 5.11. The van der Waals surface area contributed by atoms with E-state index in [0.717, 1.165) is 20.8 Å². The number of ether oxygens (including phenoxy) is 1. The standard InChI is InChI=1S/C13H14BrNOS/c1-8(2)9-4-5-11(16-3)10(6-9)12-13(14)17-7-15-12/h4-8H,1-3H3. The van der Waals surface area contributed by atoms with E-state index in [4.69, 9.17) is 4.74 Å². The second kappa shape index (κ2) is 5.19. The number of halogens is 1. The lowest BCUT2D eigenvalue weighted by Crippen LogP contribution is -1.93. The summed E-state index contributed by atoms with van der Waals surface area (Å²) in [7, 11) is 1.69. The average molecular weight is 312 g/mol. The number of nitrogens with zero attached hydrogens (tertiary/aromatic N) is 1. The van der Waals surface area contributed by atoms with Crippen LogP contribution in [0.1, 0.15) is 25.3 Å². The molecule has 0 saturated heterocycles. The van der Waals surface area contributed by atoms with Crippen molar-refractivity contribution in [2.45, 2.75) is 19.8 Å². The summed E-state index contributed by atoms with van der Waals surface area (Å²) in [4.78, 5) is 4.39. The van der Waals surface area contributed by atoms with Crippen LogP contribution in [0.4, 0.5) is 0 Å². The smallest absolute Gasteiger partial charge is 0.128 e. The summed E-state index contributed by atoms with van der Waals surface area (Å²) in [5.74, 6) is 1.36. The number of hydrogen-bond donors (Lipinski definition) is 0. The van der Waals surface area contributed by atoms with Crippen LogP contribution in [-0.4, -0.2) is 12.1 Å². The molecule has 90 valence electrons. The van der Waals surface area contributed by atoms with Crippen LogP contribution in [0.15, 0.2) is 27.5 Å². The van der Waals surface area contributed by atoms with Crippen LogP contribution in [0, 0.1) is 0 Å². The van der Waals surface area contributed by atoms with Gasteiger partial charge in [0.1, 0.15) is 5.75 Å². The molecule has 2 nitrogen and oxygen atoms in total. The molecule has 1 aromatic carbocycles. The quantitative estimate of drug-likeness (QED) is 0.819. The molecule has 2 rings (SSSR count). The third-order valence-corrected chi connectivity index (χ3v) is 4.22. The molecule has 0 saturated carbocycles. The van der Waals surface area contributed by atoms with Crippen LogP contribution in [0.25, 0.3) is 11.3 Å². The van der Waals surface area contributed by atoms with Crippen molar-refractivity contribution in [3.63, 3.8) is 0 Å². The summed E-state index contributed by atoms with van der Waals surface area (Å²) in [6.45, 7) is 4.36. The lowest BCUT2D eigenvalue weighted by molar-refractivity contribution is 0.416. The lowest BCUT2D eigenvalue weighted by Gasteiger charge is -2.11. The van der Waals surface area contributed by atoms with Crippen LogP contribution in [0.2, 0.25) is 0 Å². The Hall–Kier alpha value is -0.870. The molecule has 4 heteroatoms. The number of benzene rings is 1. The third-order valence-electron chi connectivity index (χ3n) is 2.67. The molecular weight excluding hydrogens is 298 g/mol. The largest absolute Gasteiger partial charge is 0.496 e. The molecule has 1 heterocycles. The van der Waals surface area contributed by atoms with E-state index in [9.17, 15) is 0 Å². The van der Waals surface area contributed by atoms with Gasteiger partial charge in [-0.05, 0) is 39.5 Å². The predicted molar refractivity (Wildman–Crippen MR) is 75.9 cm³/mol. The van der Waals surface area contributed by atoms with Gasteiger partial charge >= 0.3 is 0 Å². The van der Waals surface area contributed by atoms with Crippen molar-refractivity contribution in [3.05, 3.63) is 33.1 Å². The van der Waals surface area contributed by atoms with Gasteiger partial charge in [-0.1, -0.05) is 19.9 Å². The van der Waals surface area contributed by atoms with Gasteiger partial charge in [0.05, 0.1) is 22.1 Å². The van der Waals surface area contributed by atoms with Crippen LogP contribution >= 0.6 is 27.3 Å². The molecule has 0 aliphatic carbocycles. The molecule has 0 aliphatic heterocycles. The fourth-order valence-electron chi connectivity index (χ4n) is 1.68. The van der Waals surface area contributed by atoms with Crippen LogP contribution in [0.5, 0.6) is 5.75 Å². The molecule has 0 atom stereocenters. The Kier molecular flexibility index (Phi) is 3.84. The van der Waals surface area contributed by atoms with Crippen molar-refractivity contribution >= 4 is 27.3 Å². The van der Waals surface area contributed by atoms with E-state index in [2.05, 4.69) is 46.9 Å². The molecule has 0 fully saturated rings. The number of aromatic nitrogens is 1. The zero-order valence-corrected chi connectivity index (χ0v) is 12.4. The van der Waals surface area contributed by atoms with Gasteiger partial charge in [-0.25, -0.2) is 4.98 Å². The lowest BCUT2D eigenvalue weighted by atomic mass is 9.99. The first-order chi connectivity index (χ1) is 8.13. The van der Waals surface area contributed by atoms with Crippen molar-refractivity contribution in [2.24, 2.45) is 0 Å².